The van der Waals surface area contributed by atoms with Crippen molar-refractivity contribution in [2.45, 2.75) is 52.6 Å². The lowest BCUT2D eigenvalue weighted by Gasteiger charge is -2.30. The molecule has 0 atom stereocenters. The van der Waals surface area contributed by atoms with E-state index in [9.17, 15) is 4.79 Å². The van der Waals surface area contributed by atoms with Crippen LogP contribution in [0.2, 0.25) is 0 Å². The van der Waals surface area contributed by atoms with Crippen molar-refractivity contribution in [1.82, 2.24) is 4.90 Å². The molecular formula is C13H25NO2. The first kappa shape index (κ1) is 13.5. The summed E-state index contributed by atoms with van der Waals surface area (Å²) in [6.45, 7) is 11.1. The lowest BCUT2D eigenvalue weighted by molar-refractivity contribution is -0.155. The van der Waals surface area contributed by atoms with E-state index < -0.39 is 0 Å². The fourth-order valence-corrected chi connectivity index (χ4v) is 1.93. The second-order valence-electron chi connectivity index (χ2n) is 5.86. The number of carbonyl (C=O) groups excluding carboxylic acids is 1. The monoisotopic (exact) mass is 227 g/mol. The average Bonchev–Trinajstić information content (AvgIpc) is 2.14. The summed E-state index contributed by atoms with van der Waals surface area (Å²) in [7, 11) is 0. The molecule has 0 aromatic rings. The smallest absolute Gasteiger partial charge is 0.307 e. The summed E-state index contributed by atoms with van der Waals surface area (Å²) in [5.41, 5.74) is -0.354. The van der Waals surface area contributed by atoms with Gasteiger partial charge >= 0.3 is 5.97 Å². The number of hydrogen-bond acceptors (Lipinski definition) is 3. The van der Waals surface area contributed by atoms with E-state index in [-0.39, 0.29) is 11.6 Å². The number of piperidine rings is 1. The van der Waals surface area contributed by atoms with Gasteiger partial charge in [0, 0.05) is 6.54 Å². The van der Waals surface area contributed by atoms with Gasteiger partial charge in [0.05, 0.1) is 6.42 Å². The highest BCUT2D eigenvalue weighted by atomic mass is 16.6. The number of nitrogens with zero attached hydrogens (tertiary/aromatic N) is 1. The van der Waals surface area contributed by atoms with Gasteiger partial charge in [-0.1, -0.05) is 6.92 Å². The van der Waals surface area contributed by atoms with Gasteiger partial charge in [-0.2, -0.15) is 0 Å². The highest BCUT2D eigenvalue weighted by Gasteiger charge is 2.19. The first-order chi connectivity index (χ1) is 7.37. The third-order valence-corrected chi connectivity index (χ3v) is 2.93. The molecule has 94 valence electrons. The summed E-state index contributed by atoms with van der Waals surface area (Å²) in [6, 6.07) is 0. The third kappa shape index (κ3) is 5.50. The molecule has 16 heavy (non-hydrogen) atoms. The van der Waals surface area contributed by atoms with Gasteiger partial charge in [0.2, 0.25) is 0 Å². The van der Waals surface area contributed by atoms with Gasteiger partial charge in [0.25, 0.3) is 0 Å². The largest absolute Gasteiger partial charge is 0.460 e. The van der Waals surface area contributed by atoms with Crippen LogP contribution in [0.25, 0.3) is 0 Å². The first-order valence-corrected chi connectivity index (χ1v) is 6.31. The Morgan fingerprint density at radius 2 is 1.88 bits per heavy atom. The van der Waals surface area contributed by atoms with E-state index in [0.717, 1.165) is 25.6 Å². The Morgan fingerprint density at radius 3 is 2.38 bits per heavy atom. The second-order valence-corrected chi connectivity index (χ2v) is 5.86. The fraction of sp³-hybridized carbons (Fsp3) is 0.923. The molecule has 0 aromatic carbocycles. The summed E-state index contributed by atoms with van der Waals surface area (Å²) in [5, 5.41) is 0. The molecule has 3 nitrogen and oxygen atoms in total. The Hall–Kier alpha value is -0.570. The van der Waals surface area contributed by atoms with Crippen molar-refractivity contribution in [2.75, 3.05) is 19.6 Å². The van der Waals surface area contributed by atoms with Crippen molar-refractivity contribution >= 4 is 5.97 Å². The van der Waals surface area contributed by atoms with Crippen molar-refractivity contribution < 1.29 is 9.53 Å². The van der Waals surface area contributed by atoms with Crippen LogP contribution in [0.3, 0.4) is 0 Å². The molecule has 0 saturated carbocycles. The summed E-state index contributed by atoms with van der Waals surface area (Å²) >= 11 is 0. The molecule has 1 aliphatic heterocycles. The zero-order valence-corrected chi connectivity index (χ0v) is 11.1. The Kier molecular flexibility index (Phi) is 4.78. The minimum absolute atomic E-state index is 0.0777. The second kappa shape index (κ2) is 5.67. The van der Waals surface area contributed by atoms with Crippen molar-refractivity contribution in [3.63, 3.8) is 0 Å². The normalized spacial score (nSPS) is 19.8. The summed E-state index contributed by atoms with van der Waals surface area (Å²) < 4.78 is 5.28. The summed E-state index contributed by atoms with van der Waals surface area (Å²) in [6.07, 6.45) is 3.04. The molecule has 0 unspecified atom stereocenters. The fourth-order valence-electron chi connectivity index (χ4n) is 1.93. The third-order valence-electron chi connectivity index (χ3n) is 2.93. The minimum atomic E-state index is -0.354. The van der Waals surface area contributed by atoms with E-state index in [0.29, 0.717) is 6.42 Å². The zero-order chi connectivity index (χ0) is 12.2. The molecule has 1 aliphatic rings. The maximum atomic E-state index is 11.5. The van der Waals surface area contributed by atoms with Crippen molar-refractivity contribution in [1.29, 1.82) is 0 Å². The zero-order valence-electron chi connectivity index (χ0n) is 11.1. The van der Waals surface area contributed by atoms with Crippen LogP contribution < -0.4 is 0 Å². The molecule has 1 heterocycles. The van der Waals surface area contributed by atoms with Gasteiger partial charge in [0.1, 0.15) is 5.60 Å². The molecule has 0 radical (unpaired) electrons. The quantitative estimate of drug-likeness (QED) is 0.694. The standard InChI is InChI=1S/C13H25NO2/c1-11-5-8-14(9-6-11)10-7-12(15)16-13(2,3)4/h11H,5-10H2,1-4H3. The Balaban J connectivity index is 2.17. The highest BCUT2D eigenvalue weighted by Crippen LogP contribution is 2.16. The van der Waals surface area contributed by atoms with Crippen LogP contribution in [0.1, 0.15) is 47.0 Å². The van der Waals surface area contributed by atoms with E-state index in [1.165, 1.54) is 12.8 Å². The molecule has 1 fully saturated rings. The number of rotatable bonds is 3. The summed E-state index contributed by atoms with van der Waals surface area (Å²) in [5.74, 6) is 0.767. The predicted octanol–water partition coefficient (Wildman–Crippen LogP) is 2.45. The van der Waals surface area contributed by atoms with Gasteiger partial charge < -0.3 is 9.64 Å². The van der Waals surface area contributed by atoms with Crippen LogP contribution in [0, 0.1) is 5.92 Å². The first-order valence-electron chi connectivity index (χ1n) is 6.31. The lowest BCUT2D eigenvalue weighted by atomic mass is 9.99. The molecule has 3 heteroatoms. The van der Waals surface area contributed by atoms with Crippen LogP contribution in [-0.4, -0.2) is 36.1 Å². The molecule has 0 amide bonds. The molecule has 0 aliphatic carbocycles. The van der Waals surface area contributed by atoms with E-state index in [2.05, 4.69) is 11.8 Å². The van der Waals surface area contributed by atoms with Crippen LogP contribution >= 0.6 is 0 Å². The lowest BCUT2D eigenvalue weighted by Crippen LogP contribution is -2.35. The SMILES string of the molecule is CC1CCN(CCC(=O)OC(C)(C)C)CC1. The minimum Gasteiger partial charge on any atom is -0.460 e. The average molecular weight is 227 g/mol. The van der Waals surface area contributed by atoms with E-state index >= 15 is 0 Å². The number of likely N-dealkylation sites (tertiary alicyclic amines) is 1. The van der Waals surface area contributed by atoms with Crippen LogP contribution in [0.4, 0.5) is 0 Å². The number of ether oxygens (including phenoxy) is 1. The Morgan fingerprint density at radius 1 is 1.31 bits per heavy atom. The molecule has 1 rings (SSSR count). The maximum absolute atomic E-state index is 11.5. The topological polar surface area (TPSA) is 29.5 Å². The van der Waals surface area contributed by atoms with Crippen LogP contribution in [0.5, 0.6) is 0 Å². The number of carbonyl (C=O) groups is 1. The Bertz CT molecular complexity index is 225. The molecule has 0 N–H and O–H groups in total. The van der Waals surface area contributed by atoms with Gasteiger partial charge in [-0.3, -0.25) is 4.79 Å². The predicted molar refractivity (Wildman–Crippen MR) is 65.3 cm³/mol. The molecular weight excluding hydrogens is 202 g/mol. The maximum Gasteiger partial charge on any atom is 0.307 e. The van der Waals surface area contributed by atoms with Crippen LogP contribution in [-0.2, 0) is 9.53 Å². The van der Waals surface area contributed by atoms with E-state index in [4.69, 9.17) is 4.74 Å². The number of esters is 1. The van der Waals surface area contributed by atoms with Gasteiger partial charge in [-0.15, -0.1) is 0 Å². The van der Waals surface area contributed by atoms with E-state index in [1.807, 2.05) is 20.8 Å². The van der Waals surface area contributed by atoms with Gasteiger partial charge in [0.15, 0.2) is 0 Å². The van der Waals surface area contributed by atoms with Crippen molar-refractivity contribution in [3.05, 3.63) is 0 Å². The van der Waals surface area contributed by atoms with Crippen molar-refractivity contribution in [3.8, 4) is 0 Å². The van der Waals surface area contributed by atoms with E-state index in [1.54, 1.807) is 0 Å². The van der Waals surface area contributed by atoms with Crippen molar-refractivity contribution in [2.24, 2.45) is 5.92 Å². The van der Waals surface area contributed by atoms with Crippen LogP contribution in [0.15, 0.2) is 0 Å². The molecule has 0 bridgehead atoms. The molecule has 0 aromatic heterocycles. The molecule has 1 saturated heterocycles. The molecule has 0 spiro atoms. The highest BCUT2D eigenvalue weighted by molar-refractivity contribution is 5.70. The Labute approximate surface area is 99.1 Å². The van der Waals surface area contributed by atoms with Gasteiger partial charge in [-0.05, 0) is 52.6 Å². The number of hydrogen-bond donors (Lipinski definition) is 0. The van der Waals surface area contributed by atoms with Gasteiger partial charge in [-0.25, -0.2) is 0 Å². The summed E-state index contributed by atoms with van der Waals surface area (Å²) in [4.78, 5) is 13.9.